The summed E-state index contributed by atoms with van der Waals surface area (Å²) in [5, 5.41) is 27.0. The summed E-state index contributed by atoms with van der Waals surface area (Å²) in [5.74, 6) is -2.48. The lowest BCUT2D eigenvalue weighted by atomic mass is 9.78. The van der Waals surface area contributed by atoms with Crippen molar-refractivity contribution >= 4 is 35.5 Å². The number of aliphatic carboxylic acids is 1. The highest BCUT2D eigenvalue weighted by atomic mass is 32.2. The molecule has 1 aromatic heterocycles. The highest BCUT2D eigenvalue weighted by Crippen LogP contribution is 2.51. The van der Waals surface area contributed by atoms with Gasteiger partial charge >= 0.3 is 5.97 Å². The number of β-lactam (4-membered cyclic amide) rings is 1. The first-order valence-corrected chi connectivity index (χ1v) is 14.9. The topological polar surface area (TPSA) is 189 Å². The molecule has 3 amide bonds. The van der Waals surface area contributed by atoms with Gasteiger partial charge in [0.25, 0.3) is 0 Å². The van der Waals surface area contributed by atoms with Gasteiger partial charge in [0.05, 0.1) is 57.8 Å². The number of quaternary nitrogens is 1. The number of rotatable bonds is 10. The second-order valence-corrected chi connectivity index (χ2v) is 13.1. The molecule has 3 saturated heterocycles. The van der Waals surface area contributed by atoms with Gasteiger partial charge in [0.1, 0.15) is 18.6 Å². The molecule has 4 aliphatic heterocycles. The molecule has 16 heteroatoms. The van der Waals surface area contributed by atoms with E-state index in [4.69, 9.17) is 5.73 Å². The second kappa shape index (κ2) is 11.7. The molecule has 0 aromatic carbocycles. The van der Waals surface area contributed by atoms with Gasteiger partial charge in [-0.05, 0) is 23.8 Å². The van der Waals surface area contributed by atoms with E-state index in [-0.39, 0.29) is 53.2 Å². The van der Waals surface area contributed by atoms with Crippen LogP contribution in [0.3, 0.4) is 0 Å². The molecule has 5 heterocycles. The van der Waals surface area contributed by atoms with E-state index in [9.17, 15) is 24.3 Å². The Morgan fingerprint density at radius 1 is 1.32 bits per heavy atom. The molecular formula is C25H39N10O5S+. The Labute approximate surface area is 242 Å². The molecule has 15 nitrogen and oxygen atoms in total. The van der Waals surface area contributed by atoms with E-state index in [0.717, 1.165) is 24.1 Å². The number of nitrogens with one attached hydrogen (secondary N) is 2. The quantitative estimate of drug-likeness (QED) is 0.169. The number of carbonyl (C=O) groups is 4. The smallest absolute Gasteiger partial charge is 0.353 e. The predicted octanol–water partition coefficient (Wildman–Crippen LogP) is -2.34. The fraction of sp³-hybridized carbons (Fsp3) is 0.720. The first-order chi connectivity index (χ1) is 19.5. The van der Waals surface area contributed by atoms with Crippen molar-refractivity contribution in [3.05, 3.63) is 16.9 Å². The number of tetrazole rings is 1. The standard InChI is InChI=1S/C25H38N10O5S/c1-14-20-19(15(2)29-18(36)12-33-13-28-30-31-33)24(38)34(20)21(25(39)40)22(14)41-16-10-17(27-11-16)23(37)32-5-8-35(3,7-4-26)9-6-32/h13-17,19-20,27H,4-12,26H2,1-3H3,(H-,29,36,39,40)/p+1/t14-,15?,16+,17+,19-,20-/m1/s1. The Bertz CT molecular complexity index is 1220. The lowest BCUT2D eigenvalue weighted by Crippen LogP contribution is -2.66. The number of piperazine rings is 1. The number of hydrogen-bond acceptors (Lipinski definition) is 10. The van der Waals surface area contributed by atoms with Crippen molar-refractivity contribution < 1.29 is 28.8 Å². The maximum Gasteiger partial charge on any atom is 0.353 e. The Morgan fingerprint density at radius 2 is 2.05 bits per heavy atom. The SMILES string of the molecule is CC(NC(=O)Cn1cnnn1)[C@H]1C(=O)N2C(C(=O)O)=C(S[C@@H]3CN[C@H](C(=O)N4CC[N+](C)(CCN)CC4)C3)[C@H](C)[C@H]12. The fourth-order valence-electron chi connectivity index (χ4n) is 6.57. The Kier molecular flexibility index (Phi) is 8.36. The largest absolute Gasteiger partial charge is 0.477 e. The minimum atomic E-state index is -1.14. The molecule has 1 aromatic rings. The van der Waals surface area contributed by atoms with E-state index >= 15 is 0 Å². The number of thioether (sulfide) groups is 1. The lowest BCUT2D eigenvalue weighted by Gasteiger charge is -2.47. The van der Waals surface area contributed by atoms with Crippen LogP contribution in [0.15, 0.2) is 16.9 Å². The summed E-state index contributed by atoms with van der Waals surface area (Å²) >= 11 is 1.46. The number of nitrogens with zero attached hydrogens (tertiary/aromatic N) is 7. The average Bonchev–Trinajstić information content (AvgIpc) is 3.65. The molecule has 1 unspecified atom stereocenters. The van der Waals surface area contributed by atoms with Gasteiger partial charge in [0, 0.05) is 35.2 Å². The van der Waals surface area contributed by atoms with Crippen molar-refractivity contribution in [2.75, 3.05) is 52.9 Å². The van der Waals surface area contributed by atoms with Crippen molar-refractivity contribution in [1.82, 2.24) is 40.6 Å². The highest BCUT2D eigenvalue weighted by molar-refractivity contribution is 8.03. The third-order valence-corrected chi connectivity index (χ3v) is 10.4. The van der Waals surface area contributed by atoms with E-state index in [1.807, 2.05) is 11.8 Å². The van der Waals surface area contributed by atoms with Crippen molar-refractivity contribution in [2.45, 2.75) is 50.2 Å². The van der Waals surface area contributed by atoms with Crippen LogP contribution in [0.2, 0.25) is 0 Å². The van der Waals surface area contributed by atoms with Crippen LogP contribution in [0.25, 0.3) is 0 Å². The third kappa shape index (κ3) is 5.69. The molecule has 0 saturated carbocycles. The minimum absolute atomic E-state index is 0.000467. The van der Waals surface area contributed by atoms with Crippen LogP contribution in [-0.4, -0.2) is 140 Å². The molecule has 3 fully saturated rings. The number of carbonyl (C=O) groups excluding carboxylic acids is 3. The molecule has 224 valence electrons. The van der Waals surface area contributed by atoms with Gasteiger partial charge in [-0.15, -0.1) is 16.9 Å². The summed E-state index contributed by atoms with van der Waals surface area (Å²) in [6, 6.07) is -1.17. The normalized spacial score (nSPS) is 29.8. The van der Waals surface area contributed by atoms with Gasteiger partial charge in [-0.2, -0.15) is 0 Å². The third-order valence-electron chi connectivity index (χ3n) is 8.90. The van der Waals surface area contributed by atoms with Crippen molar-refractivity contribution in [1.29, 1.82) is 0 Å². The van der Waals surface area contributed by atoms with Crippen LogP contribution >= 0.6 is 11.8 Å². The van der Waals surface area contributed by atoms with Gasteiger partial charge < -0.3 is 35.8 Å². The van der Waals surface area contributed by atoms with Gasteiger partial charge in [-0.1, -0.05) is 6.92 Å². The molecule has 0 aliphatic carbocycles. The van der Waals surface area contributed by atoms with Gasteiger partial charge in [-0.25, -0.2) is 9.48 Å². The summed E-state index contributed by atoms with van der Waals surface area (Å²) in [6.45, 7) is 8.85. The highest BCUT2D eigenvalue weighted by Gasteiger charge is 2.60. The maximum absolute atomic E-state index is 13.3. The summed E-state index contributed by atoms with van der Waals surface area (Å²) in [7, 11) is 2.18. The predicted molar refractivity (Wildman–Crippen MR) is 148 cm³/mol. The van der Waals surface area contributed by atoms with Crippen LogP contribution in [0, 0.1) is 11.8 Å². The number of carboxylic acids is 1. The number of carboxylic acid groups (broad SMARTS) is 1. The molecular weight excluding hydrogens is 552 g/mol. The molecule has 4 aliphatic rings. The lowest BCUT2D eigenvalue weighted by molar-refractivity contribution is -0.911. The molecule has 5 rings (SSSR count). The molecule has 6 atom stereocenters. The molecule has 5 N–H and O–H groups in total. The Morgan fingerprint density at radius 3 is 2.68 bits per heavy atom. The Hall–Kier alpha value is -3.08. The van der Waals surface area contributed by atoms with Crippen molar-refractivity contribution in [3.8, 4) is 0 Å². The summed E-state index contributed by atoms with van der Waals surface area (Å²) < 4.78 is 2.16. The van der Waals surface area contributed by atoms with Crippen molar-refractivity contribution in [3.63, 3.8) is 0 Å². The van der Waals surface area contributed by atoms with Crippen LogP contribution < -0.4 is 16.4 Å². The molecule has 0 radical (unpaired) electrons. The van der Waals surface area contributed by atoms with Gasteiger partial charge in [-0.3, -0.25) is 14.4 Å². The molecule has 41 heavy (non-hydrogen) atoms. The first-order valence-electron chi connectivity index (χ1n) is 14.1. The second-order valence-electron chi connectivity index (χ2n) is 11.7. The fourth-order valence-corrected chi connectivity index (χ4v) is 8.05. The number of fused-ring (bicyclic) bond motifs is 1. The maximum atomic E-state index is 13.3. The number of amides is 3. The zero-order valence-electron chi connectivity index (χ0n) is 23.6. The van der Waals surface area contributed by atoms with Crippen LogP contribution in [0.1, 0.15) is 20.3 Å². The van der Waals surface area contributed by atoms with Crippen LogP contribution in [-0.2, 0) is 25.7 Å². The van der Waals surface area contributed by atoms with E-state index in [0.29, 0.717) is 37.5 Å². The van der Waals surface area contributed by atoms with Gasteiger partial charge in [0.15, 0.2) is 0 Å². The molecule has 0 spiro atoms. The monoisotopic (exact) mass is 591 g/mol. The average molecular weight is 592 g/mol. The van der Waals surface area contributed by atoms with E-state index in [2.05, 4.69) is 33.2 Å². The summed E-state index contributed by atoms with van der Waals surface area (Å²) in [6.07, 6.45) is 1.91. The summed E-state index contributed by atoms with van der Waals surface area (Å²) in [5.41, 5.74) is 5.77. The number of likely N-dealkylation sites (N-methyl/N-ethyl adjacent to an activating group) is 1. The van der Waals surface area contributed by atoms with E-state index in [1.165, 1.54) is 27.7 Å². The van der Waals surface area contributed by atoms with Crippen molar-refractivity contribution in [2.24, 2.45) is 17.6 Å². The Balaban J connectivity index is 1.19. The number of aromatic nitrogens is 4. The zero-order chi connectivity index (χ0) is 29.5. The van der Waals surface area contributed by atoms with Gasteiger partial charge in [0.2, 0.25) is 17.7 Å². The minimum Gasteiger partial charge on any atom is -0.477 e. The first kappa shape index (κ1) is 29.4. The van der Waals surface area contributed by atoms with Crippen LogP contribution in [0.5, 0.6) is 0 Å². The number of nitrogens with two attached hydrogens (primary N) is 1. The summed E-state index contributed by atoms with van der Waals surface area (Å²) in [4.78, 5) is 55.2. The molecule has 0 bridgehead atoms. The number of hydrogen-bond donors (Lipinski definition) is 4. The van der Waals surface area contributed by atoms with E-state index < -0.39 is 17.9 Å². The zero-order valence-corrected chi connectivity index (χ0v) is 24.4. The van der Waals surface area contributed by atoms with E-state index in [1.54, 1.807) is 6.92 Å². The van der Waals surface area contributed by atoms with Crippen LogP contribution in [0.4, 0.5) is 0 Å².